The molecular formula is C11H14ClN3. The molecule has 3 nitrogen and oxygen atoms in total. The van der Waals surface area contributed by atoms with Gasteiger partial charge in [-0.25, -0.2) is 9.50 Å². The number of hydrogen-bond acceptors (Lipinski definition) is 2. The van der Waals surface area contributed by atoms with Gasteiger partial charge in [0, 0.05) is 5.92 Å². The summed E-state index contributed by atoms with van der Waals surface area (Å²) in [7, 11) is 0. The Hall–Kier alpha value is -1.09. The predicted molar refractivity (Wildman–Crippen MR) is 61.5 cm³/mol. The second-order valence-corrected chi connectivity index (χ2v) is 4.32. The Morgan fingerprint density at radius 1 is 1.40 bits per heavy atom. The van der Waals surface area contributed by atoms with Crippen LogP contribution >= 0.6 is 11.6 Å². The Kier molecular flexibility index (Phi) is 2.65. The molecule has 0 saturated carbocycles. The number of rotatable bonds is 2. The Labute approximate surface area is 94.1 Å². The van der Waals surface area contributed by atoms with Crippen molar-refractivity contribution in [2.75, 3.05) is 0 Å². The summed E-state index contributed by atoms with van der Waals surface area (Å²) in [5.41, 5.74) is 2.03. The third kappa shape index (κ3) is 1.84. The Bertz CT molecular complexity index is 488. The zero-order chi connectivity index (χ0) is 11.0. The summed E-state index contributed by atoms with van der Waals surface area (Å²) in [6.07, 6.45) is 0.958. The van der Waals surface area contributed by atoms with Gasteiger partial charge < -0.3 is 0 Å². The van der Waals surface area contributed by atoms with Crippen LogP contribution in [0.4, 0.5) is 0 Å². The van der Waals surface area contributed by atoms with Crippen LogP contribution in [0.3, 0.4) is 0 Å². The average Bonchev–Trinajstić information content (AvgIpc) is 2.61. The molecule has 0 radical (unpaired) electrons. The molecular weight excluding hydrogens is 210 g/mol. The summed E-state index contributed by atoms with van der Waals surface area (Å²) in [6.45, 7) is 6.24. The number of aromatic nitrogens is 3. The number of aryl methyl sites for hydroxylation is 1. The minimum atomic E-state index is 0.325. The molecule has 0 unspecified atom stereocenters. The van der Waals surface area contributed by atoms with Crippen LogP contribution < -0.4 is 0 Å². The van der Waals surface area contributed by atoms with Crippen molar-refractivity contribution < 1.29 is 0 Å². The molecule has 2 rings (SSSR count). The van der Waals surface area contributed by atoms with Crippen LogP contribution in [0.15, 0.2) is 12.1 Å². The Morgan fingerprint density at radius 2 is 2.13 bits per heavy atom. The van der Waals surface area contributed by atoms with Crippen LogP contribution in [0.5, 0.6) is 0 Å². The number of pyridine rings is 1. The summed E-state index contributed by atoms with van der Waals surface area (Å²) in [5, 5.41) is 4.99. The van der Waals surface area contributed by atoms with Crippen LogP contribution in [0.25, 0.3) is 5.65 Å². The molecule has 80 valence electrons. The van der Waals surface area contributed by atoms with Crippen LogP contribution in [0.1, 0.15) is 38.1 Å². The van der Waals surface area contributed by atoms with Gasteiger partial charge in [-0.3, -0.25) is 0 Å². The molecule has 0 atom stereocenters. The Morgan fingerprint density at radius 3 is 2.73 bits per heavy atom. The van der Waals surface area contributed by atoms with Gasteiger partial charge in [-0.2, -0.15) is 0 Å². The third-order valence-corrected chi connectivity index (χ3v) is 2.66. The smallest absolute Gasteiger partial charge is 0.157 e. The molecule has 0 aliphatic rings. The van der Waals surface area contributed by atoms with E-state index in [0.717, 1.165) is 17.9 Å². The van der Waals surface area contributed by atoms with Crippen molar-refractivity contribution in [2.24, 2.45) is 0 Å². The summed E-state index contributed by atoms with van der Waals surface area (Å²) < 4.78 is 1.69. The fraction of sp³-hybridized carbons (Fsp3) is 0.455. The fourth-order valence-corrected chi connectivity index (χ4v) is 1.73. The monoisotopic (exact) mass is 223 g/mol. The number of nitrogens with zero attached hydrogens (tertiary/aromatic N) is 3. The highest BCUT2D eigenvalue weighted by molar-refractivity contribution is 6.29. The lowest BCUT2D eigenvalue weighted by molar-refractivity contribution is 0.765. The van der Waals surface area contributed by atoms with Crippen LogP contribution in [-0.4, -0.2) is 14.6 Å². The number of hydrogen-bond donors (Lipinski definition) is 0. The fourth-order valence-electron chi connectivity index (χ4n) is 1.46. The summed E-state index contributed by atoms with van der Waals surface area (Å²) >= 11 is 6.12. The maximum absolute atomic E-state index is 6.12. The van der Waals surface area contributed by atoms with E-state index in [0.29, 0.717) is 11.1 Å². The molecule has 0 spiro atoms. The van der Waals surface area contributed by atoms with Gasteiger partial charge >= 0.3 is 0 Å². The van der Waals surface area contributed by atoms with Crippen molar-refractivity contribution in [1.29, 1.82) is 0 Å². The van der Waals surface area contributed by atoms with Gasteiger partial charge in [-0.15, -0.1) is 5.10 Å². The van der Waals surface area contributed by atoms with Crippen LogP contribution in [0, 0.1) is 0 Å². The van der Waals surface area contributed by atoms with E-state index in [1.807, 2.05) is 12.1 Å². The van der Waals surface area contributed by atoms with E-state index in [4.69, 9.17) is 11.6 Å². The van der Waals surface area contributed by atoms with Crippen molar-refractivity contribution in [3.8, 4) is 0 Å². The summed E-state index contributed by atoms with van der Waals surface area (Å²) in [5.74, 6) is 1.16. The number of halogens is 1. The van der Waals surface area contributed by atoms with Crippen molar-refractivity contribution in [2.45, 2.75) is 33.1 Å². The van der Waals surface area contributed by atoms with Gasteiger partial charge in [0.25, 0.3) is 0 Å². The van der Waals surface area contributed by atoms with E-state index >= 15 is 0 Å². The largest absolute Gasteiger partial charge is 0.212 e. The van der Waals surface area contributed by atoms with E-state index in [2.05, 4.69) is 30.9 Å². The van der Waals surface area contributed by atoms with E-state index in [1.54, 1.807) is 4.52 Å². The normalized spacial score (nSPS) is 11.5. The highest BCUT2D eigenvalue weighted by atomic mass is 35.5. The molecule has 2 aromatic rings. The molecule has 0 aromatic carbocycles. The second kappa shape index (κ2) is 3.81. The highest BCUT2D eigenvalue weighted by Crippen LogP contribution is 2.18. The maximum atomic E-state index is 6.12. The summed E-state index contributed by atoms with van der Waals surface area (Å²) in [6, 6.07) is 3.97. The van der Waals surface area contributed by atoms with Gasteiger partial charge in [0.15, 0.2) is 11.5 Å². The standard InChI is InChI=1S/C11H14ClN3/c1-4-8-5-9(12)15-10(6-8)13-11(14-15)7(2)3/h5-7H,4H2,1-3H3. The summed E-state index contributed by atoms with van der Waals surface area (Å²) in [4.78, 5) is 4.45. The number of fused-ring (bicyclic) bond motifs is 1. The molecule has 0 aliphatic heterocycles. The van der Waals surface area contributed by atoms with Gasteiger partial charge in [0.2, 0.25) is 0 Å². The lowest BCUT2D eigenvalue weighted by Crippen LogP contribution is -1.93. The zero-order valence-electron chi connectivity index (χ0n) is 9.16. The molecule has 4 heteroatoms. The Balaban J connectivity index is 2.64. The molecule has 0 bridgehead atoms. The lowest BCUT2D eigenvalue weighted by atomic mass is 10.2. The minimum Gasteiger partial charge on any atom is -0.212 e. The molecule has 0 N–H and O–H groups in total. The maximum Gasteiger partial charge on any atom is 0.157 e. The van der Waals surface area contributed by atoms with Crippen molar-refractivity contribution in [3.63, 3.8) is 0 Å². The van der Waals surface area contributed by atoms with E-state index in [1.165, 1.54) is 5.56 Å². The van der Waals surface area contributed by atoms with E-state index in [9.17, 15) is 0 Å². The first-order valence-corrected chi connectivity index (χ1v) is 5.54. The average molecular weight is 224 g/mol. The van der Waals surface area contributed by atoms with E-state index in [-0.39, 0.29) is 0 Å². The quantitative estimate of drug-likeness (QED) is 0.733. The predicted octanol–water partition coefficient (Wildman–Crippen LogP) is 3.07. The molecule has 2 heterocycles. The second-order valence-electron chi connectivity index (χ2n) is 3.93. The van der Waals surface area contributed by atoms with E-state index < -0.39 is 0 Å². The lowest BCUT2D eigenvalue weighted by Gasteiger charge is -1.99. The van der Waals surface area contributed by atoms with Gasteiger partial charge in [0.05, 0.1) is 0 Å². The van der Waals surface area contributed by atoms with Gasteiger partial charge in [-0.05, 0) is 24.1 Å². The van der Waals surface area contributed by atoms with Gasteiger partial charge in [-0.1, -0.05) is 32.4 Å². The minimum absolute atomic E-state index is 0.325. The topological polar surface area (TPSA) is 30.2 Å². The highest BCUT2D eigenvalue weighted by Gasteiger charge is 2.10. The van der Waals surface area contributed by atoms with Crippen molar-refractivity contribution in [3.05, 3.63) is 28.7 Å². The van der Waals surface area contributed by atoms with Crippen LogP contribution in [-0.2, 0) is 6.42 Å². The molecule has 0 fully saturated rings. The molecule has 0 amide bonds. The van der Waals surface area contributed by atoms with Crippen molar-refractivity contribution >= 4 is 17.2 Å². The zero-order valence-corrected chi connectivity index (χ0v) is 9.91. The molecule has 0 saturated heterocycles. The molecule has 0 aliphatic carbocycles. The van der Waals surface area contributed by atoms with Crippen LogP contribution in [0.2, 0.25) is 5.15 Å². The van der Waals surface area contributed by atoms with Gasteiger partial charge in [0.1, 0.15) is 5.15 Å². The first-order valence-electron chi connectivity index (χ1n) is 5.17. The first kappa shape index (κ1) is 10.4. The molecule has 2 aromatic heterocycles. The molecule has 15 heavy (non-hydrogen) atoms. The first-order chi connectivity index (χ1) is 7.11. The third-order valence-electron chi connectivity index (χ3n) is 2.39. The van der Waals surface area contributed by atoms with Crippen molar-refractivity contribution in [1.82, 2.24) is 14.6 Å². The SMILES string of the molecule is CCc1cc(Cl)n2nc(C(C)C)nc2c1.